The molecule has 3 nitrogen and oxygen atoms in total. The molecule has 6 heteroatoms. The summed E-state index contributed by atoms with van der Waals surface area (Å²) in [5, 5.41) is 18.7. The highest BCUT2D eigenvalue weighted by Gasteiger charge is 2.18. The number of hydrogen-bond acceptors (Lipinski definition) is 3. The van der Waals surface area contributed by atoms with Crippen LogP contribution in [0, 0.1) is 5.92 Å². The van der Waals surface area contributed by atoms with Crippen LogP contribution in [0.3, 0.4) is 0 Å². The van der Waals surface area contributed by atoms with Crippen LogP contribution < -0.4 is 10.2 Å². The van der Waals surface area contributed by atoms with Gasteiger partial charge in [0.15, 0.2) is 0 Å². The third kappa shape index (κ3) is 3.56. The molecule has 0 atom stereocenters. The molecule has 16 heavy (non-hydrogen) atoms. The molecule has 88 valence electrons. The molecule has 0 bridgehead atoms. The standard InChI is InChI=1S/C10H13BCl2O3/c1-6(2)5-16-10-3-7(11(14)15)8(12)4-9(10)13/h3-4,6,14-15H,5H2,1-2H3. The first-order valence-electron chi connectivity index (χ1n) is 4.89. The van der Waals surface area contributed by atoms with Gasteiger partial charge in [0.25, 0.3) is 0 Å². The molecule has 0 spiro atoms. The van der Waals surface area contributed by atoms with Gasteiger partial charge in [-0.1, -0.05) is 37.0 Å². The van der Waals surface area contributed by atoms with E-state index < -0.39 is 7.12 Å². The quantitative estimate of drug-likeness (QED) is 0.813. The van der Waals surface area contributed by atoms with Crippen molar-refractivity contribution in [3.8, 4) is 5.75 Å². The minimum Gasteiger partial charge on any atom is -0.492 e. The maximum atomic E-state index is 9.07. The fraction of sp³-hybridized carbons (Fsp3) is 0.400. The van der Waals surface area contributed by atoms with Crippen molar-refractivity contribution in [1.82, 2.24) is 0 Å². The molecule has 0 aromatic heterocycles. The third-order valence-electron chi connectivity index (χ3n) is 1.90. The number of ether oxygens (including phenoxy) is 1. The summed E-state index contributed by atoms with van der Waals surface area (Å²) in [5.74, 6) is 0.761. The van der Waals surface area contributed by atoms with Crippen LogP contribution in [0.5, 0.6) is 5.75 Å². The number of rotatable bonds is 4. The lowest BCUT2D eigenvalue weighted by atomic mass is 9.80. The van der Waals surface area contributed by atoms with Crippen molar-refractivity contribution < 1.29 is 14.8 Å². The number of benzene rings is 1. The van der Waals surface area contributed by atoms with Gasteiger partial charge in [0, 0.05) is 10.5 Å². The Balaban J connectivity index is 2.96. The minimum atomic E-state index is -1.63. The van der Waals surface area contributed by atoms with E-state index in [9.17, 15) is 0 Å². The summed E-state index contributed by atoms with van der Waals surface area (Å²) in [7, 11) is -1.63. The van der Waals surface area contributed by atoms with Crippen molar-refractivity contribution in [1.29, 1.82) is 0 Å². The lowest BCUT2D eigenvalue weighted by Gasteiger charge is -2.12. The summed E-state index contributed by atoms with van der Waals surface area (Å²) in [4.78, 5) is 0. The monoisotopic (exact) mass is 262 g/mol. The second kappa shape index (κ2) is 5.78. The highest BCUT2D eigenvalue weighted by atomic mass is 35.5. The average molecular weight is 263 g/mol. The van der Waals surface area contributed by atoms with E-state index in [1.807, 2.05) is 13.8 Å². The Morgan fingerprint density at radius 2 is 1.88 bits per heavy atom. The summed E-state index contributed by atoms with van der Waals surface area (Å²) in [6.45, 7) is 4.51. The first-order valence-corrected chi connectivity index (χ1v) is 5.65. The summed E-state index contributed by atoms with van der Waals surface area (Å²) >= 11 is 11.7. The van der Waals surface area contributed by atoms with Crippen molar-refractivity contribution in [3.05, 3.63) is 22.2 Å². The molecule has 0 aliphatic rings. The van der Waals surface area contributed by atoms with Crippen molar-refractivity contribution in [2.45, 2.75) is 13.8 Å². The molecule has 0 heterocycles. The van der Waals surface area contributed by atoms with Gasteiger partial charge in [-0.3, -0.25) is 0 Å². The lowest BCUT2D eigenvalue weighted by molar-refractivity contribution is 0.271. The molecule has 0 saturated heterocycles. The predicted octanol–water partition coefficient (Wildman–Crippen LogP) is 1.71. The SMILES string of the molecule is CC(C)COc1cc(B(O)O)c(Cl)cc1Cl. The van der Waals surface area contributed by atoms with Crippen molar-refractivity contribution in [2.75, 3.05) is 6.61 Å². The van der Waals surface area contributed by atoms with Crippen LogP contribution >= 0.6 is 23.2 Å². The van der Waals surface area contributed by atoms with E-state index in [2.05, 4.69) is 0 Å². The van der Waals surface area contributed by atoms with Gasteiger partial charge >= 0.3 is 7.12 Å². The first kappa shape index (κ1) is 13.6. The van der Waals surface area contributed by atoms with Crippen molar-refractivity contribution >= 4 is 35.8 Å². The van der Waals surface area contributed by atoms with Gasteiger partial charge in [0.05, 0.1) is 11.6 Å². The van der Waals surface area contributed by atoms with Gasteiger partial charge in [-0.2, -0.15) is 0 Å². The first-order chi connectivity index (χ1) is 7.41. The second-order valence-corrected chi connectivity index (χ2v) is 4.70. The smallest absolute Gasteiger partial charge is 0.490 e. The van der Waals surface area contributed by atoms with E-state index in [1.165, 1.54) is 12.1 Å². The van der Waals surface area contributed by atoms with Crippen LogP contribution in [-0.2, 0) is 0 Å². The molecular weight excluding hydrogens is 250 g/mol. The highest BCUT2D eigenvalue weighted by molar-refractivity contribution is 6.63. The van der Waals surface area contributed by atoms with Gasteiger partial charge in [0.2, 0.25) is 0 Å². The molecule has 0 aliphatic heterocycles. The van der Waals surface area contributed by atoms with Crippen LogP contribution in [0.2, 0.25) is 10.0 Å². The van der Waals surface area contributed by atoms with Crippen molar-refractivity contribution in [3.63, 3.8) is 0 Å². The molecular formula is C10H13BCl2O3. The molecule has 0 unspecified atom stereocenters. The van der Waals surface area contributed by atoms with Crippen LogP contribution in [0.4, 0.5) is 0 Å². The van der Waals surface area contributed by atoms with Gasteiger partial charge in [-0.25, -0.2) is 0 Å². The second-order valence-electron chi connectivity index (χ2n) is 3.88. The van der Waals surface area contributed by atoms with Gasteiger partial charge in [-0.05, 0) is 18.1 Å². The molecule has 0 saturated carbocycles. The molecule has 1 rings (SSSR count). The summed E-state index contributed by atoms with van der Waals surface area (Å²) in [5.41, 5.74) is 0.185. The highest BCUT2D eigenvalue weighted by Crippen LogP contribution is 2.26. The zero-order valence-electron chi connectivity index (χ0n) is 9.08. The molecule has 1 aromatic carbocycles. The third-order valence-corrected chi connectivity index (χ3v) is 2.52. The molecule has 1 aromatic rings. The van der Waals surface area contributed by atoms with E-state index in [4.69, 9.17) is 38.0 Å². The van der Waals surface area contributed by atoms with Gasteiger partial charge < -0.3 is 14.8 Å². The Morgan fingerprint density at radius 1 is 1.25 bits per heavy atom. The van der Waals surface area contributed by atoms with Crippen LogP contribution in [-0.4, -0.2) is 23.8 Å². The zero-order chi connectivity index (χ0) is 12.3. The van der Waals surface area contributed by atoms with Crippen molar-refractivity contribution in [2.24, 2.45) is 5.92 Å². The Kier molecular flexibility index (Phi) is 4.93. The zero-order valence-corrected chi connectivity index (χ0v) is 10.6. The van der Waals surface area contributed by atoms with E-state index in [0.717, 1.165) is 0 Å². The largest absolute Gasteiger partial charge is 0.492 e. The molecule has 2 N–H and O–H groups in total. The molecule has 0 fully saturated rings. The number of halogens is 2. The van der Waals surface area contributed by atoms with Crippen LogP contribution in [0.1, 0.15) is 13.8 Å². The predicted molar refractivity (Wildman–Crippen MR) is 66.6 cm³/mol. The average Bonchev–Trinajstić information content (AvgIpc) is 2.15. The Labute approximate surface area is 105 Å². The van der Waals surface area contributed by atoms with Crippen LogP contribution in [0.15, 0.2) is 12.1 Å². The lowest BCUT2D eigenvalue weighted by Crippen LogP contribution is -2.31. The molecule has 0 amide bonds. The van der Waals surface area contributed by atoms with E-state index in [-0.39, 0.29) is 10.5 Å². The fourth-order valence-corrected chi connectivity index (χ4v) is 1.65. The maximum Gasteiger partial charge on any atom is 0.490 e. The topological polar surface area (TPSA) is 49.7 Å². The minimum absolute atomic E-state index is 0.185. The van der Waals surface area contributed by atoms with E-state index in [1.54, 1.807) is 0 Å². The van der Waals surface area contributed by atoms with E-state index in [0.29, 0.717) is 23.3 Å². The van der Waals surface area contributed by atoms with Gasteiger partial charge in [0.1, 0.15) is 5.75 Å². The Morgan fingerprint density at radius 3 is 2.38 bits per heavy atom. The maximum absolute atomic E-state index is 9.07. The van der Waals surface area contributed by atoms with Crippen LogP contribution in [0.25, 0.3) is 0 Å². The number of hydrogen-bond donors (Lipinski definition) is 2. The Bertz CT molecular complexity index is 369. The molecule has 0 aliphatic carbocycles. The summed E-state index contributed by atoms with van der Waals surface area (Å²) in [6, 6.07) is 2.88. The summed E-state index contributed by atoms with van der Waals surface area (Å²) in [6.07, 6.45) is 0. The molecule has 0 radical (unpaired) electrons. The van der Waals surface area contributed by atoms with Gasteiger partial charge in [-0.15, -0.1) is 0 Å². The van der Waals surface area contributed by atoms with E-state index >= 15 is 0 Å². The normalized spacial score (nSPS) is 10.7. The summed E-state index contributed by atoms with van der Waals surface area (Å²) < 4.78 is 5.43. The fourth-order valence-electron chi connectivity index (χ4n) is 1.11. The Hall–Kier alpha value is -0.415.